The first-order chi connectivity index (χ1) is 19.7. The fraction of sp³-hybridized carbons (Fsp3) is 0.857. The smallest absolute Gasteiger partial charge is 0.405 e. The summed E-state index contributed by atoms with van der Waals surface area (Å²) >= 11 is 0. The van der Waals surface area contributed by atoms with Crippen LogP contribution in [0.4, 0.5) is 13.2 Å². The van der Waals surface area contributed by atoms with Gasteiger partial charge in [0.05, 0.1) is 5.92 Å². The van der Waals surface area contributed by atoms with Crippen LogP contribution in [0.2, 0.25) is 0 Å². The second-order valence-electron chi connectivity index (χ2n) is 16.0. The summed E-state index contributed by atoms with van der Waals surface area (Å²) in [6.07, 6.45) is 13.1. The third-order valence-electron chi connectivity index (χ3n) is 14.8. The Morgan fingerprint density at radius 2 is 1.76 bits per heavy atom. The van der Waals surface area contributed by atoms with E-state index in [2.05, 4.69) is 45.2 Å². The Morgan fingerprint density at radius 1 is 1.00 bits per heavy atom. The zero-order valence-electron chi connectivity index (χ0n) is 26.2. The highest BCUT2D eigenvalue weighted by atomic mass is 19.4. The van der Waals surface area contributed by atoms with Gasteiger partial charge in [-0.05, 0) is 134 Å². The molecule has 0 aromatic heterocycles. The van der Waals surface area contributed by atoms with E-state index in [1.807, 2.05) is 0 Å². The van der Waals surface area contributed by atoms with E-state index in [0.29, 0.717) is 36.0 Å². The number of halogens is 3. The van der Waals surface area contributed by atoms with Crippen molar-refractivity contribution in [1.82, 2.24) is 5.32 Å². The molecule has 0 heterocycles. The highest BCUT2D eigenvalue weighted by Crippen LogP contribution is 2.75. The van der Waals surface area contributed by atoms with Crippen LogP contribution >= 0.6 is 0 Å². The summed E-state index contributed by atoms with van der Waals surface area (Å²) in [6.45, 7) is 9.67. The van der Waals surface area contributed by atoms with Crippen LogP contribution < -0.4 is 11.1 Å². The fourth-order valence-electron chi connectivity index (χ4n) is 12.4. The molecule has 0 aromatic carbocycles. The number of carboxylic acid groups (broad SMARTS) is 1. The summed E-state index contributed by atoms with van der Waals surface area (Å²) in [5.41, 5.74) is 8.62. The summed E-state index contributed by atoms with van der Waals surface area (Å²) in [7, 11) is 0. The van der Waals surface area contributed by atoms with Crippen LogP contribution in [0.5, 0.6) is 0 Å². The number of rotatable bonds is 5. The minimum atomic E-state index is -4.32. The van der Waals surface area contributed by atoms with Crippen molar-refractivity contribution < 1.29 is 23.1 Å². The molecule has 4 N–H and O–H groups in total. The molecular weight excluding hydrogens is 537 g/mol. The first-order valence-corrected chi connectivity index (χ1v) is 16.9. The molecule has 0 bridgehead atoms. The van der Waals surface area contributed by atoms with Crippen molar-refractivity contribution in [3.63, 3.8) is 0 Å². The monoisotopic (exact) mass is 590 g/mol. The second kappa shape index (κ2) is 10.4. The molecule has 6 rings (SSSR count). The van der Waals surface area contributed by atoms with Crippen molar-refractivity contribution in [3.8, 4) is 0 Å². The normalized spacial score (nSPS) is 47.7. The van der Waals surface area contributed by atoms with Gasteiger partial charge in [-0.1, -0.05) is 46.3 Å². The Morgan fingerprint density at radius 3 is 2.40 bits per heavy atom. The lowest BCUT2D eigenvalue weighted by atomic mass is 9.34. The number of nitrogens with two attached hydrogens (primary N) is 1. The van der Waals surface area contributed by atoms with Gasteiger partial charge in [-0.3, -0.25) is 10.1 Å². The number of nitrogens with one attached hydrogen (secondary N) is 1. The third kappa shape index (κ3) is 4.40. The number of fused-ring (bicyclic) bond motifs is 7. The lowest BCUT2D eigenvalue weighted by Crippen LogP contribution is -2.68. The Balaban J connectivity index is 1.26. The maximum atomic E-state index is 13.9. The quantitative estimate of drug-likeness (QED) is 0.303. The molecule has 0 spiro atoms. The van der Waals surface area contributed by atoms with E-state index in [0.717, 1.165) is 57.8 Å². The van der Waals surface area contributed by atoms with Crippen molar-refractivity contribution in [1.29, 1.82) is 0 Å². The van der Waals surface area contributed by atoms with Gasteiger partial charge in [-0.15, -0.1) is 0 Å². The highest BCUT2D eigenvalue weighted by molar-refractivity contribution is 5.70. The predicted molar refractivity (Wildman–Crippen MR) is 160 cm³/mol. The number of alkyl halides is 3. The van der Waals surface area contributed by atoms with Gasteiger partial charge in [-0.25, -0.2) is 0 Å². The van der Waals surface area contributed by atoms with Gasteiger partial charge < -0.3 is 10.8 Å². The second-order valence-corrected chi connectivity index (χ2v) is 16.0. The molecule has 6 aliphatic rings. The van der Waals surface area contributed by atoms with Crippen LogP contribution in [0.15, 0.2) is 23.3 Å². The van der Waals surface area contributed by atoms with Crippen LogP contribution in [0.25, 0.3) is 0 Å². The Bertz CT molecular complexity index is 1150. The van der Waals surface area contributed by atoms with Crippen LogP contribution in [0.1, 0.15) is 111 Å². The SMILES string of the molecule is CC1C(C2=CC[C@H](C(=O)O)CC2)=CC[C@@]2(C)C1CC[C@]1(C)C2CCC2C3CCCC3(NC(CN)C(F)(F)F)CC[C@]21C. The number of hydrogen-bond donors (Lipinski definition) is 3. The molecule has 7 unspecified atom stereocenters. The average Bonchev–Trinajstić information content (AvgIpc) is 3.36. The first-order valence-electron chi connectivity index (χ1n) is 16.9. The van der Waals surface area contributed by atoms with Gasteiger partial charge in [0, 0.05) is 12.1 Å². The maximum Gasteiger partial charge on any atom is 0.405 e. The molecular formula is C35H53F3N2O2. The minimum absolute atomic E-state index is 0.130. The molecule has 4 fully saturated rings. The zero-order chi connectivity index (χ0) is 30.3. The molecule has 0 aliphatic heterocycles. The van der Waals surface area contributed by atoms with Crippen molar-refractivity contribution in [3.05, 3.63) is 23.3 Å². The van der Waals surface area contributed by atoms with E-state index in [4.69, 9.17) is 5.73 Å². The van der Waals surface area contributed by atoms with Gasteiger partial charge in [0.25, 0.3) is 0 Å². The fourth-order valence-corrected chi connectivity index (χ4v) is 12.4. The zero-order valence-corrected chi connectivity index (χ0v) is 26.2. The summed E-state index contributed by atoms with van der Waals surface area (Å²) in [5.74, 6) is 1.52. The number of allylic oxidation sites excluding steroid dienone is 4. The van der Waals surface area contributed by atoms with Crippen molar-refractivity contribution in [2.45, 2.75) is 129 Å². The van der Waals surface area contributed by atoms with E-state index in [1.54, 1.807) is 0 Å². The van der Waals surface area contributed by atoms with E-state index < -0.39 is 30.3 Å². The number of aliphatic carboxylic acids is 1. The molecule has 0 saturated heterocycles. The van der Waals surface area contributed by atoms with Crippen LogP contribution in [-0.2, 0) is 4.79 Å². The summed E-state index contributed by atoms with van der Waals surface area (Å²) < 4.78 is 41.6. The minimum Gasteiger partial charge on any atom is -0.481 e. The van der Waals surface area contributed by atoms with Crippen LogP contribution in [-0.4, -0.2) is 35.4 Å². The Kier molecular flexibility index (Phi) is 7.56. The highest BCUT2D eigenvalue weighted by Gasteiger charge is 2.69. The Hall–Kier alpha value is -1.34. The van der Waals surface area contributed by atoms with Crippen molar-refractivity contribution in [2.75, 3.05) is 6.54 Å². The summed E-state index contributed by atoms with van der Waals surface area (Å²) in [4.78, 5) is 11.5. The lowest BCUT2D eigenvalue weighted by molar-refractivity contribution is -0.217. The van der Waals surface area contributed by atoms with Gasteiger partial charge in [0.15, 0.2) is 0 Å². The molecule has 0 amide bonds. The first kappa shape index (κ1) is 30.7. The lowest BCUT2D eigenvalue weighted by Gasteiger charge is -2.71. The number of carboxylic acids is 1. The number of hydrogen-bond acceptors (Lipinski definition) is 3. The van der Waals surface area contributed by atoms with Crippen LogP contribution in [0.3, 0.4) is 0 Å². The molecule has 0 radical (unpaired) electrons. The molecule has 7 heteroatoms. The molecule has 11 atom stereocenters. The number of carbonyl (C=O) groups is 1. The molecule has 0 aromatic rings. The van der Waals surface area contributed by atoms with E-state index in [1.165, 1.54) is 30.4 Å². The standard InChI is InChI=1S/C35H53F3N2O2/c1-21-24(22-7-9-23(10-8-22)30(41)42)13-16-31(2)25(21)14-17-33(4)28(31)12-11-26-27-6-5-15-34(27,19-18-32(26,33)3)40-29(20-39)35(36,37)38/h7,13,21,23,25-29,40H,5-6,8-12,14-20,39H2,1-4H3,(H,41,42)/t21?,23-,25?,26?,27?,28?,29?,31-,32+,33+,34?/m0/s1. The molecule has 4 saturated carbocycles. The average molecular weight is 591 g/mol. The molecule has 6 aliphatic carbocycles. The van der Waals surface area contributed by atoms with Crippen molar-refractivity contribution in [2.24, 2.45) is 57.5 Å². The van der Waals surface area contributed by atoms with Gasteiger partial charge >= 0.3 is 12.1 Å². The largest absolute Gasteiger partial charge is 0.481 e. The van der Waals surface area contributed by atoms with E-state index >= 15 is 0 Å². The third-order valence-corrected chi connectivity index (χ3v) is 14.8. The Labute approximate surface area is 250 Å². The van der Waals surface area contributed by atoms with Crippen molar-refractivity contribution >= 4 is 5.97 Å². The van der Waals surface area contributed by atoms with Gasteiger partial charge in [0.2, 0.25) is 0 Å². The predicted octanol–water partition coefficient (Wildman–Crippen LogP) is 8.03. The molecule has 42 heavy (non-hydrogen) atoms. The van der Waals surface area contributed by atoms with Gasteiger partial charge in [0.1, 0.15) is 6.04 Å². The molecule has 236 valence electrons. The summed E-state index contributed by atoms with van der Waals surface area (Å²) in [6, 6.07) is -1.62. The van der Waals surface area contributed by atoms with E-state index in [-0.39, 0.29) is 22.2 Å². The maximum absolute atomic E-state index is 13.9. The van der Waals surface area contributed by atoms with E-state index in [9.17, 15) is 23.1 Å². The summed E-state index contributed by atoms with van der Waals surface area (Å²) in [5, 5.41) is 12.6. The van der Waals surface area contributed by atoms with Gasteiger partial charge in [-0.2, -0.15) is 13.2 Å². The molecule has 4 nitrogen and oxygen atoms in total. The topological polar surface area (TPSA) is 75.3 Å². The van der Waals surface area contributed by atoms with Crippen LogP contribution in [0, 0.1) is 51.8 Å².